The number of aliphatic hydroxyl groups is 1. The maximum Gasteiger partial charge on any atom is 0.317 e. The Bertz CT molecular complexity index is 1560. The van der Waals surface area contributed by atoms with E-state index in [0.717, 1.165) is 10.5 Å². The third kappa shape index (κ3) is 11.7. The molecule has 49 heavy (non-hydrogen) atoms. The standard InChI is InChI=1S/C38H45NO10/c1-5-38(4,36(47)48-25-30(40)22-39(23-32(41)42)24-33(43)44)21-29(26-12-8-6-9-13-26)20-37(2,3)35(46)49-31-18-16-28(17-19-31)34(45)27-14-10-7-11-15-27/h6-19,29-30,40H,5,20-25H2,1-4H3,(H,41,42)(H,43,44). The second-order valence-corrected chi connectivity index (χ2v) is 13.1. The third-order valence-corrected chi connectivity index (χ3v) is 8.51. The molecule has 0 saturated carbocycles. The van der Waals surface area contributed by atoms with Gasteiger partial charge in [-0.15, -0.1) is 0 Å². The highest BCUT2D eigenvalue weighted by Crippen LogP contribution is 2.42. The molecule has 11 nitrogen and oxygen atoms in total. The normalized spacial score (nSPS) is 13.9. The van der Waals surface area contributed by atoms with Gasteiger partial charge in [-0.1, -0.05) is 67.6 Å². The van der Waals surface area contributed by atoms with Crippen LogP contribution in [0.4, 0.5) is 0 Å². The lowest BCUT2D eigenvalue weighted by atomic mass is 9.71. The molecule has 3 N–H and O–H groups in total. The minimum atomic E-state index is -1.31. The number of carboxylic acid groups (broad SMARTS) is 2. The first-order valence-electron chi connectivity index (χ1n) is 16.1. The lowest BCUT2D eigenvalue weighted by molar-refractivity contribution is -0.160. The Morgan fingerprint density at radius 2 is 1.27 bits per heavy atom. The van der Waals surface area contributed by atoms with E-state index in [-0.39, 0.29) is 18.2 Å². The average molecular weight is 676 g/mol. The van der Waals surface area contributed by atoms with Gasteiger partial charge in [-0.05, 0) is 75.8 Å². The van der Waals surface area contributed by atoms with Crippen molar-refractivity contribution >= 4 is 29.7 Å². The lowest BCUT2D eigenvalue weighted by Crippen LogP contribution is -2.42. The third-order valence-electron chi connectivity index (χ3n) is 8.51. The lowest BCUT2D eigenvalue weighted by Gasteiger charge is -2.34. The number of aliphatic hydroxyl groups excluding tert-OH is 1. The van der Waals surface area contributed by atoms with E-state index in [4.69, 9.17) is 19.7 Å². The van der Waals surface area contributed by atoms with Crippen LogP contribution in [0.25, 0.3) is 0 Å². The van der Waals surface area contributed by atoms with Gasteiger partial charge in [0.15, 0.2) is 5.78 Å². The topological polar surface area (TPSA) is 168 Å². The van der Waals surface area contributed by atoms with Gasteiger partial charge in [0.05, 0.1) is 23.9 Å². The van der Waals surface area contributed by atoms with Crippen molar-refractivity contribution in [3.8, 4) is 5.75 Å². The number of carbonyl (C=O) groups is 5. The largest absolute Gasteiger partial charge is 0.480 e. The summed E-state index contributed by atoms with van der Waals surface area (Å²) in [6.45, 7) is 5.18. The molecule has 0 aliphatic rings. The zero-order chi connectivity index (χ0) is 36.2. The van der Waals surface area contributed by atoms with Crippen molar-refractivity contribution in [2.24, 2.45) is 10.8 Å². The van der Waals surface area contributed by atoms with Gasteiger partial charge in [0.25, 0.3) is 0 Å². The number of ketones is 1. The van der Waals surface area contributed by atoms with E-state index in [2.05, 4.69) is 0 Å². The number of hydrogen-bond donors (Lipinski definition) is 3. The zero-order valence-electron chi connectivity index (χ0n) is 28.3. The molecule has 3 rings (SSSR count). The molecule has 3 aromatic rings. The summed E-state index contributed by atoms with van der Waals surface area (Å²) in [4.78, 5) is 63.0. The number of carbonyl (C=O) groups excluding carboxylic acids is 3. The molecule has 0 spiro atoms. The van der Waals surface area contributed by atoms with Crippen LogP contribution in [0.15, 0.2) is 84.9 Å². The molecule has 0 aliphatic heterocycles. The Kier molecular flexibility index (Phi) is 13.8. The predicted molar refractivity (Wildman–Crippen MR) is 181 cm³/mol. The van der Waals surface area contributed by atoms with E-state index in [0.29, 0.717) is 36.1 Å². The second-order valence-electron chi connectivity index (χ2n) is 13.1. The second kappa shape index (κ2) is 17.5. The molecular formula is C38H45NO10. The number of carboxylic acids is 2. The van der Waals surface area contributed by atoms with E-state index in [9.17, 15) is 29.1 Å². The summed E-state index contributed by atoms with van der Waals surface area (Å²) in [7, 11) is 0. The Morgan fingerprint density at radius 1 is 0.735 bits per heavy atom. The van der Waals surface area contributed by atoms with Crippen molar-refractivity contribution < 1.29 is 48.8 Å². The number of hydrogen-bond acceptors (Lipinski definition) is 9. The Morgan fingerprint density at radius 3 is 1.80 bits per heavy atom. The first kappa shape index (κ1) is 38.6. The highest BCUT2D eigenvalue weighted by molar-refractivity contribution is 6.09. The fraction of sp³-hybridized carbons (Fsp3) is 0.395. The first-order valence-corrected chi connectivity index (χ1v) is 16.1. The highest BCUT2D eigenvalue weighted by atomic mass is 16.5. The summed E-state index contributed by atoms with van der Waals surface area (Å²) in [6.07, 6.45) is -0.299. The fourth-order valence-corrected chi connectivity index (χ4v) is 5.59. The summed E-state index contributed by atoms with van der Waals surface area (Å²) >= 11 is 0. The quantitative estimate of drug-likeness (QED) is 0.0867. The predicted octanol–water partition coefficient (Wildman–Crippen LogP) is 5.20. The molecule has 3 aromatic carbocycles. The highest BCUT2D eigenvalue weighted by Gasteiger charge is 2.40. The summed E-state index contributed by atoms with van der Waals surface area (Å²) in [6, 6.07) is 24.8. The van der Waals surface area contributed by atoms with E-state index in [1.54, 1.807) is 69.3 Å². The number of esters is 2. The number of aliphatic carboxylic acids is 2. The van der Waals surface area contributed by atoms with Crippen LogP contribution < -0.4 is 4.74 Å². The summed E-state index contributed by atoms with van der Waals surface area (Å²) in [5.74, 6) is -3.69. The van der Waals surface area contributed by atoms with Crippen LogP contribution in [-0.4, -0.2) is 82.2 Å². The molecule has 0 fully saturated rings. The molecule has 11 heteroatoms. The first-order chi connectivity index (χ1) is 23.1. The van der Waals surface area contributed by atoms with Gasteiger partial charge in [0, 0.05) is 17.7 Å². The zero-order valence-corrected chi connectivity index (χ0v) is 28.3. The van der Waals surface area contributed by atoms with E-state index >= 15 is 0 Å². The number of rotatable bonds is 19. The number of nitrogens with zero attached hydrogens (tertiary/aromatic N) is 1. The maximum atomic E-state index is 13.5. The Labute approximate surface area is 286 Å². The van der Waals surface area contributed by atoms with Crippen molar-refractivity contribution in [1.82, 2.24) is 4.90 Å². The molecule has 0 heterocycles. The number of benzene rings is 3. The summed E-state index contributed by atoms with van der Waals surface area (Å²) in [5, 5.41) is 28.6. The van der Waals surface area contributed by atoms with Gasteiger partial charge in [-0.25, -0.2) is 0 Å². The molecule has 0 amide bonds. The minimum absolute atomic E-state index is 0.144. The Hall–Kier alpha value is -4.87. The molecule has 0 saturated heterocycles. The van der Waals surface area contributed by atoms with Gasteiger partial charge in [-0.3, -0.25) is 28.9 Å². The van der Waals surface area contributed by atoms with Crippen molar-refractivity contribution in [1.29, 1.82) is 0 Å². The van der Waals surface area contributed by atoms with Crippen molar-refractivity contribution in [3.05, 3.63) is 102 Å². The van der Waals surface area contributed by atoms with E-state index in [1.807, 2.05) is 43.3 Å². The van der Waals surface area contributed by atoms with Crippen molar-refractivity contribution in [2.45, 2.75) is 59.0 Å². The minimum Gasteiger partial charge on any atom is -0.480 e. The SMILES string of the molecule is CCC(C)(CC(CC(C)(C)C(=O)Oc1ccc(C(=O)c2ccccc2)cc1)c1ccccc1)C(=O)OCC(O)CN(CC(=O)O)CC(=O)O. The van der Waals surface area contributed by atoms with Gasteiger partial charge in [-0.2, -0.15) is 0 Å². The molecule has 0 aromatic heterocycles. The van der Waals surface area contributed by atoms with Crippen molar-refractivity contribution in [3.63, 3.8) is 0 Å². The van der Waals surface area contributed by atoms with Gasteiger partial charge < -0.3 is 24.8 Å². The molecule has 0 bridgehead atoms. The molecule has 0 aliphatic carbocycles. The summed E-state index contributed by atoms with van der Waals surface area (Å²) in [5.41, 5.74) is -0.0879. The molecular weight excluding hydrogens is 630 g/mol. The van der Waals surface area contributed by atoms with E-state index < -0.39 is 60.5 Å². The van der Waals surface area contributed by atoms with Gasteiger partial charge in [0.1, 0.15) is 18.5 Å². The van der Waals surface area contributed by atoms with Crippen LogP contribution in [0.3, 0.4) is 0 Å². The van der Waals surface area contributed by atoms with Crippen LogP contribution >= 0.6 is 0 Å². The number of ether oxygens (including phenoxy) is 2. The summed E-state index contributed by atoms with van der Waals surface area (Å²) < 4.78 is 11.3. The molecule has 0 radical (unpaired) electrons. The Balaban J connectivity index is 1.70. The molecule has 3 atom stereocenters. The fourth-order valence-electron chi connectivity index (χ4n) is 5.59. The van der Waals surface area contributed by atoms with E-state index in [1.165, 1.54) is 0 Å². The molecule has 3 unspecified atom stereocenters. The van der Waals surface area contributed by atoms with Crippen LogP contribution in [0, 0.1) is 10.8 Å². The van der Waals surface area contributed by atoms with Crippen LogP contribution in [0.5, 0.6) is 5.75 Å². The smallest absolute Gasteiger partial charge is 0.317 e. The van der Waals surface area contributed by atoms with Crippen LogP contribution in [-0.2, 0) is 23.9 Å². The average Bonchev–Trinajstić information content (AvgIpc) is 3.06. The monoisotopic (exact) mass is 675 g/mol. The van der Waals surface area contributed by atoms with Crippen LogP contribution in [0.2, 0.25) is 0 Å². The van der Waals surface area contributed by atoms with Gasteiger partial charge in [0.2, 0.25) is 0 Å². The van der Waals surface area contributed by atoms with Gasteiger partial charge >= 0.3 is 23.9 Å². The van der Waals surface area contributed by atoms with Crippen LogP contribution in [0.1, 0.15) is 74.4 Å². The maximum absolute atomic E-state index is 13.5. The molecule has 262 valence electrons. The van der Waals surface area contributed by atoms with Crippen molar-refractivity contribution in [2.75, 3.05) is 26.2 Å².